The molecule has 5 rings (SSSR count). The predicted octanol–water partition coefficient (Wildman–Crippen LogP) is 4.29. The van der Waals surface area contributed by atoms with Gasteiger partial charge in [0.15, 0.2) is 11.0 Å². The summed E-state index contributed by atoms with van der Waals surface area (Å²) in [5, 5.41) is 13.5. The van der Waals surface area contributed by atoms with Crippen molar-refractivity contribution in [1.82, 2.24) is 24.7 Å². The maximum atomic E-state index is 5.38. The topological polar surface area (TPSA) is 78.3 Å². The number of ether oxygens (including phenoxy) is 1. The molecule has 5 aromatic rings. The van der Waals surface area contributed by atoms with Crippen LogP contribution >= 0.6 is 23.1 Å². The summed E-state index contributed by atoms with van der Waals surface area (Å²) in [6.07, 6.45) is 0. The number of fused-ring (bicyclic) bond motifs is 3. The fourth-order valence-corrected chi connectivity index (χ4v) is 4.55. The molecule has 0 aliphatic heterocycles. The molecule has 0 bridgehead atoms. The molecular formula is C18H13N5O2S2. The average Bonchev–Trinajstić information content (AvgIpc) is 3.42. The molecule has 2 aromatic carbocycles. The van der Waals surface area contributed by atoms with E-state index in [0.717, 1.165) is 26.9 Å². The first-order valence-corrected chi connectivity index (χ1v) is 9.94. The minimum Gasteiger partial charge on any atom is -0.497 e. The van der Waals surface area contributed by atoms with Crippen molar-refractivity contribution in [3.05, 3.63) is 54.4 Å². The van der Waals surface area contributed by atoms with Gasteiger partial charge in [-0.05, 0) is 36.4 Å². The normalized spacial score (nSPS) is 11.4. The number of thioether (sulfide) groups is 1. The predicted molar refractivity (Wildman–Crippen MR) is 104 cm³/mol. The molecule has 0 radical (unpaired) electrons. The lowest BCUT2D eigenvalue weighted by molar-refractivity contribution is 0.414. The Labute approximate surface area is 162 Å². The van der Waals surface area contributed by atoms with E-state index in [2.05, 4.69) is 36.9 Å². The molecule has 3 aromatic heterocycles. The van der Waals surface area contributed by atoms with Gasteiger partial charge in [-0.1, -0.05) is 40.4 Å². The molecule has 0 unspecified atom stereocenters. The zero-order valence-corrected chi connectivity index (χ0v) is 15.8. The van der Waals surface area contributed by atoms with Crippen LogP contribution in [0.2, 0.25) is 0 Å². The summed E-state index contributed by atoms with van der Waals surface area (Å²) in [7, 11) is 1.63. The molecule has 0 amide bonds. The molecule has 0 atom stereocenters. The molecule has 9 heteroatoms. The number of hydrogen-bond acceptors (Lipinski definition) is 8. The summed E-state index contributed by atoms with van der Waals surface area (Å²) in [6.45, 7) is 0. The third kappa shape index (κ3) is 2.94. The Morgan fingerprint density at radius 1 is 1.11 bits per heavy atom. The standard InChI is InChI=1S/C18H13N5O2S2/c1-24-12-8-6-11(7-9-12)16-19-15(22-25-16)10-26-17-20-21-18-23(17)13-4-2-3-5-14(13)27-18/h2-9H,10H2,1H3. The van der Waals surface area contributed by atoms with Gasteiger partial charge in [0.25, 0.3) is 5.89 Å². The molecule has 0 N–H and O–H groups in total. The minimum absolute atomic E-state index is 0.487. The molecule has 0 aliphatic rings. The SMILES string of the molecule is COc1ccc(-c2nc(CSc3nnc4sc5ccccc5n34)no2)cc1. The summed E-state index contributed by atoms with van der Waals surface area (Å²) in [6, 6.07) is 15.7. The van der Waals surface area contributed by atoms with Gasteiger partial charge in [0.05, 0.1) is 23.1 Å². The first kappa shape index (κ1) is 16.3. The van der Waals surface area contributed by atoms with E-state index in [1.165, 1.54) is 16.5 Å². The summed E-state index contributed by atoms with van der Waals surface area (Å²) in [5.74, 6) is 2.43. The third-order valence-corrected chi connectivity index (χ3v) is 5.98. The largest absolute Gasteiger partial charge is 0.497 e. The number of thiazole rings is 1. The summed E-state index contributed by atoms with van der Waals surface area (Å²) >= 11 is 3.16. The van der Waals surface area contributed by atoms with Crippen molar-refractivity contribution >= 4 is 38.3 Å². The Bertz CT molecular complexity index is 1230. The van der Waals surface area contributed by atoms with Gasteiger partial charge in [-0.2, -0.15) is 4.98 Å². The zero-order chi connectivity index (χ0) is 18.2. The summed E-state index contributed by atoms with van der Waals surface area (Å²) < 4.78 is 13.8. The smallest absolute Gasteiger partial charge is 0.257 e. The van der Waals surface area contributed by atoms with Crippen molar-refractivity contribution in [3.63, 3.8) is 0 Å². The van der Waals surface area contributed by atoms with Gasteiger partial charge in [-0.25, -0.2) is 0 Å². The molecular weight excluding hydrogens is 382 g/mol. The molecule has 7 nitrogen and oxygen atoms in total. The van der Waals surface area contributed by atoms with Gasteiger partial charge >= 0.3 is 0 Å². The van der Waals surface area contributed by atoms with Crippen LogP contribution in [0.25, 0.3) is 26.6 Å². The van der Waals surface area contributed by atoms with E-state index in [4.69, 9.17) is 9.26 Å². The number of benzene rings is 2. The lowest BCUT2D eigenvalue weighted by Gasteiger charge is -1.98. The number of methoxy groups -OCH3 is 1. The molecule has 3 heterocycles. The quantitative estimate of drug-likeness (QED) is 0.411. The van der Waals surface area contributed by atoms with Gasteiger partial charge < -0.3 is 9.26 Å². The van der Waals surface area contributed by atoms with E-state index < -0.39 is 0 Å². The lowest BCUT2D eigenvalue weighted by atomic mass is 10.2. The van der Waals surface area contributed by atoms with Gasteiger partial charge in [-0.15, -0.1) is 10.2 Å². The summed E-state index contributed by atoms with van der Waals surface area (Å²) in [4.78, 5) is 5.35. The number of aromatic nitrogens is 5. The second-order valence-corrected chi connectivity index (χ2v) is 7.65. The van der Waals surface area contributed by atoms with Gasteiger partial charge in [0, 0.05) is 5.56 Å². The highest BCUT2D eigenvalue weighted by Crippen LogP contribution is 2.30. The zero-order valence-electron chi connectivity index (χ0n) is 14.2. The molecule has 0 saturated heterocycles. The van der Waals surface area contributed by atoms with Crippen LogP contribution in [-0.4, -0.2) is 31.8 Å². The van der Waals surface area contributed by atoms with Crippen molar-refractivity contribution < 1.29 is 9.26 Å². The molecule has 134 valence electrons. The van der Waals surface area contributed by atoms with E-state index in [0.29, 0.717) is 17.5 Å². The van der Waals surface area contributed by atoms with Crippen LogP contribution in [0, 0.1) is 0 Å². The maximum absolute atomic E-state index is 5.38. The van der Waals surface area contributed by atoms with Gasteiger partial charge in [0.1, 0.15) is 5.75 Å². The third-order valence-electron chi connectivity index (χ3n) is 4.05. The minimum atomic E-state index is 0.487. The number of rotatable bonds is 5. The molecule has 0 fully saturated rings. The van der Waals surface area contributed by atoms with E-state index in [1.54, 1.807) is 18.4 Å². The van der Waals surface area contributed by atoms with E-state index in [9.17, 15) is 0 Å². The second-order valence-electron chi connectivity index (χ2n) is 5.70. The molecule has 27 heavy (non-hydrogen) atoms. The highest BCUT2D eigenvalue weighted by Gasteiger charge is 2.15. The van der Waals surface area contributed by atoms with Crippen molar-refractivity contribution in [3.8, 4) is 17.2 Å². The Morgan fingerprint density at radius 3 is 2.81 bits per heavy atom. The average molecular weight is 395 g/mol. The Kier molecular flexibility index (Phi) is 4.02. The Balaban J connectivity index is 1.37. The van der Waals surface area contributed by atoms with Crippen LogP contribution < -0.4 is 4.74 Å². The highest BCUT2D eigenvalue weighted by molar-refractivity contribution is 7.98. The van der Waals surface area contributed by atoms with Crippen molar-refractivity contribution in [2.24, 2.45) is 0 Å². The molecule has 0 aliphatic carbocycles. The molecule has 0 saturated carbocycles. The van der Waals surface area contributed by atoms with Crippen LogP contribution in [0.5, 0.6) is 5.75 Å². The fraction of sp³-hybridized carbons (Fsp3) is 0.111. The Hall–Kier alpha value is -2.91. The van der Waals surface area contributed by atoms with Crippen molar-refractivity contribution in [1.29, 1.82) is 0 Å². The second kappa shape index (κ2) is 6.67. The first-order valence-electron chi connectivity index (χ1n) is 8.14. The monoisotopic (exact) mass is 395 g/mol. The highest BCUT2D eigenvalue weighted by atomic mass is 32.2. The maximum Gasteiger partial charge on any atom is 0.257 e. The van der Waals surface area contributed by atoms with Gasteiger partial charge in [-0.3, -0.25) is 4.40 Å². The lowest BCUT2D eigenvalue weighted by Crippen LogP contribution is -1.89. The summed E-state index contributed by atoms with van der Waals surface area (Å²) in [5.41, 5.74) is 1.96. The molecule has 0 spiro atoms. The first-order chi connectivity index (χ1) is 13.3. The van der Waals surface area contributed by atoms with Crippen LogP contribution in [0.1, 0.15) is 5.82 Å². The fourth-order valence-electron chi connectivity index (χ4n) is 2.74. The van der Waals surface area contributed by atoms with Crippen LogP contribution in [-0.2, 0) is 5.75 Å². The number of nitrogens with zero attached hydrogens (tertiary/aromatic N) is 5. The van der Waals surface area contributed by atoms with E-state index >= 15 is 0 Å². The number of para-hydroxylation sites is 1. The van der Waals surface area contributed by atoms with E-state index in [1.807, 2.05) is 36.4 Å². The number of hydrogen-bond donors (Lipinski definition) is 0. The Morgan fingerprint density at radius 2 is 1.96 bits per heavy atom. The van der Waals surface area contributed by atoms with Gasteiger partial charge in [0.2, 0.25) is 4.96 Å². The van der Waals surface area contributed by atoms with Crippen LogP contribution in [0.15, 0.2) is 58.2 Å². The van der Waals surface area contributed by atoms with E-state index in [-0.39, 0.29) is 0 Å². The van der Waals surface area contributed by atoms with Crippen molar-refractivity contribution in [2.45, 2.75) is 10.9 Å². The van der Waals surface area contributed by atoms with Crippen LogP contribution in [0.3, 0.4) is 0 Å². The van der Waals surface area contributed by atoms with Crippen molar-refractivity contribution in [2.75, 3.05) is 7.11 Å². The van der Waals surface area contributed by atoms with Crippen LogP contribution in [0.4, 0.5) is 0 Å².